The lowest BCUT2D eigenvalue weighted by atomic mass is 10.2. The molecule has 0 spiro atoms. The molecule has 1 aromatic heterocycles. The molecule has 0 fully saturated rings. The Kier molecular flexibility index (Phi) is 3.27. The highest BCUT2D eigenvalue weighted by molar-refractivity contribution is 6.30. The van der Waals surface area contributed by atoms with E-state index in [0.717, 1.165) is 6.07 Å². The Labute approximate surface area is 83.1 Å². The summed E-state index contributed by atoms with van der Waals surface area (Å²) < 4.78 is 24.3. The Bertz CT molecular complexity index is 320. The van der Waals surface area contributed by atoms with Crippen molar-refractivity contribution in [1.29, 1.82) is 0 Å². The Morgan fingerprint density at radius 1 is 1.54 bits per heavy atom. The van der Waals surface area contributed by atoms with Crippen molar-refractivity contribution < 1.29 is 13.9 Å². The van der Waals surface area contributed by atoms with E-state index in [1.54, 1.807) is 0 Å². The van der Waals surface area contributed by atoms with Gasteiger partial charge < -0.3 is 5.11 Å². The second-order valence-electron chi connectivity index (χ2n) is 2.27. The van der Waals surface area contributed by atoms with Gasteiger partial charge in [-0.3, -0.25) is 0 Å². The largest absolute Gasteiger partial charge is 0.506 e. The van der Waals surface area contributed by atoms with Gasteiger partial charge in [0.25, 0.3) is 6.43 Å². The number of pyridine rings is 1. The van der Waals surface area contributed by atoms with E-state index in [1.165, 1.54) is 0 Å². The molecule has 72 valence electrons. The Balaban J connectivity index is 3.20. The van der Waals surface area contributed by atoms with E-state index < -0.39 is 12.0 Å². The third kappa shape index (κ3) is 2.19. The second kappa shape index (κ2) is 4.07. The number of halogens is 4. The minimum Gasteiger partial charge on any atom is -0.506 e. The van der Waals surface area contributed by atoms with Gasteiger partial charge in [-0.05, 0) is 6.07 Å². The van der Waals surface area contributed by atoms with Crippen molar-refractivity contribution in [1.82, 2.24) is 4.98 Å². The van der Waals surface area contributed by atoms with Crippen LogP contribution in [0.25, 0.3) is 0 Å². The summed E-state index contributed by atoms with van der Waals surface area (Å²) in [7, 11) is 0. The zero-order valence-corrected chi connectivity index (χ0v) is 7.78. The molecule has 0 saturated carbocycles. The highest BCUT2D eigenvalue weighted by Crippen LogP contribution is 2.30. The molecule has 0 aromatic carbocycles. The van der Waals surface area contributed by atoms with E-state index in [1.807, 2.05) is 0 Å². The maximum absolute atomic E-state index is 12.2. The van der Waals surface area contributed by atoms with Gasteiger partial charge in [-0.2, -0.15) is 0 Å². The molecule has 0 aliphatic rings. The molecule has 0 amide bonds. The quantitative estimate of drug-likeness (QED) is 0.623. The van der Waals surface area contributed by atoms with Crippen molar-refractivity contribution in [2.24, 2.45) is 0 Å². The van der Waals surface area contributed by atoms with E-state index in [2.05, 4.69) is 4.98 Å². The van der Waals surface area contributed by atoms with Crippen LogP contribution in [0.2, 0.25) is 5.15 Å². The standard InChI is InChI=1S/C7H5Cl2F2NO/c8-2-4-5(13)1-3(7(10)11)6(9)12-4/h1,7,13H,2H2. The first-order valence-corrected chi connectivity index (χ1v) is 4.20. The highest BCUT2D eigenvalue weighted by atomic mass is 35.5. The van der Waals surface area contributed by atoms with Crippen LogP contribution < -0.4 is 0 Å². The number of hydrogen-bond acceptors (Lipinski definition) is 2. The van der Waals surface area contributed by atoms with Crippen LogP contribution in [0.1, 0.15) is 17.7 Å². The third-order valence-corrected chi connectivity index (χ3v) is 1.98. The summed E-state index contributed by atoms with van der Waals surface area (Å²) in [6.07, 6.45) is -2.75. The van der Waals surface area contributed by atoms with E-state index in [-0.39, 0.29) is 22.5 Å². The van der Waals surface area contributed by atoms with Crippen molar-refractivity contribution in [3.05, 3.63) is 22.5 Å². The number of alkyl halides is 3. The lowest BCUT2D eigenvalue weighted by Gasteiger charge is -2.05. The van der Waals surface area contributed by atoms with Gasteiger partial charge in [0.2, 0.25) is 0 Å². The summed E-state index contributed by atoms with van der Waals surface area (Å²) >= 11 is 10.8. The fourth-order valence-electron chi connectivity index (χ4n) is 0.782. The second-order valence-corrected chi connectivity index (χ2v) is 2.89. The summed E-state index contributed by atoms with van der Waals surface area (Å²) in [4.78, 5) is 3.52. The molecule has 0 bridgehead atoms. The first kappa shape index (κ1) is 10.5. The van der Waals surface area contributed by atoms with E-state index >= 15 is 0 Å². The molecule has 6 heteroatoms. The Hall–Kier alpha value is -0.610. The molecule has 0 aliphatic carbocycles. The van der Waals surface area contributed by atoms with Crippen molar-refractivity contribution in [2.75, 3.05) is 0 Å². The first-order valence-electron chi connectivity index (χ1n) is 3.28. The number of hydrogen-bond donors (Lipinski definition) is 1. The monoisotopic (exact) mass is 227 g/mol. The molecule has 0 atom stereocenters. The summed E-state index contributed by atoms with van der Waals surface area (Å²) in [5.41, 5.74) is -0.399. The normalized spacial score (nSPS) is 10.8. The molecule has 1 aromatic rings. The molecule has 2 nitrogen and oxygen atoms in total. The third-order valence-electron chi connectivity index (χ3n) is 1.42. The lowest BCUT2D eigenvalue weighted by Crippen LogP contribution is -1.94. The molecule has 0 unspecified atom stereocenters. The number of rotatable bonds is 2. The first-order chi connectivity index (χ1) is 6.06. The number of nitrogens with zero attached hydrogens (tertiary/aromatic N) is 1. The average molecular weight is 228 g/mol. The molecule has 0 saturated heterocycles. The Morgan fingerprint density at radius 3 is 2.62 bits per heavy atom. The minimum atomic E-state index is -2.75. The van der Waals surface area contributed by atoms with Crippen molar-refractivity contribution >= 4 is 23.2 Å². The molecular weight excluding hydrogens is 223 g/mol. The Morgan fingerprint density at radius 2 is 2.15 bits per heavy atom. The van der Waals surface area contributed by atoms with E-state index in [0.29, 0.717) is 0 Å². The maximum atomic E-state index is 12.2. The van der Waals surface area contributed by atoms with Crippen LogP contribution in [0.5, 0.6) is 5.75 Å². The van der Waals surface area contributed by atoms with Gasteiger partial charge in [-0.1, -0.05) is 11.6 Å². The molecule has 1 heterocycles. The van der Waals surface area contributed by atoms with Gasteiger partial charge in [0, 0.05) is 0 Å². The van der Waals surface area contributed by atoms with Gasteiger partial charge in [-0.15, -0.1) is 11.6 Å². The summed E-state index contributed by atoms with van der Waals surface area (Å²) in [5, 5.41) is 8.80. The molecule has 1 rings (SSSR count). The van der Waals surface area contributed by atoms with Crippen LogP contribution in [0.15, 0.2) is 6.07 Å². The van der Waals surface area contributed by atoms with Crippen molar-refractivity contribution in [3.8, 4) is 5.75 Å². The smallest absolute Gasteiger partial charge is 0.266 e. The van der Waals surface area contributed by atoms with Crippen LogP contribution in [0.4, 0.5) is 8.78 Å². The van der Waals surface area contributed by atoms with Crippen LogP contribution >= 0.6 is 23.2 Å². The van der Waals surface area contributed by atoms with Crippen LogP contribution in [0.3, 0.4) is 0 Å². The zero-order chi connectivity index (χ0) is 10.0. The van der Waals surface area contributed by atoms with Gasteiger partial charge in [0.05, 0.1) is 17.1 Å². The van der Waals surface area contributed by atoms with Gasteiger partial charge in [0.15, 0.2) is 0 Å². The minimum absolute atomic E-state index is 0.0743. The fraction of sp³-hybridized carbons (Fsp3) is 0.286. The number of aromatic hydroxyl groups is 1. The van der Waals surface area contributed by atoms with Gasteiger partial charge in [-0.25, -0.2) is 13.8 Å². The fourth-order valence-corrected chi connectivity index (χ4v) is 1.22. The lowest BCUT2D eigenvalue weighted by molar-refractivity contribution is 0.150. The summed E-state index contributed by atoms with van der Waals surface area (Å²) in [6, 6.07) is 0.873. The molecule has 0 aliphatic heterocycles. The van der Waals surface area contributed by atoms with E-state index in [4.69, 9.17) is 28.3 Å². The van der Waals surface area contributed by atoms with Gasteiger partial charge in [0.1, 0.15) is 10.9 Å². The maximum Gasteiger partial charge on any atom is 0.266 e. The molecule has 0 radical (unpaired) electrons. The summed E-state index contributed by atoms with van der Waals surface area (Å²) in [6.45, 7) is 0. The zero-order valence-electron chi connectivity index (χ0n) is 6.27. The van der Waals surface area contributed by atoms with Crippen LogP contribution in [-0.2, 0) is 5.88 Å². The van der Waals surface area contributed by atoms with E-state index in [9.17, 15) is 8.78 Å². The average Bonchev–Trinajstić information content (AvgIpc) is 2.07. The summed E-state index contributed by atoms with van der Waals surface area (Å²) in [5.74, 6) is -0.440. The van der Waals surface area contributed by atoms with Crippen LogP contribution in [-0.4, -0.2) is 10.1 Å². The SMILES string of the molecule is Oc1cc(C(F)F)c(Cl)nc1CCl. The predicted molar refractivity (Wildman–Crippen MR) is 45.4 cm³/mol. The number of aromatic nitrogens is 1. The predicted octanol–water partition coefficient (Wildman–Crippen LogP) is 3.12. The van der Waals surface area contributed by atoms with Crippen molar-refractivity contribution in [2.45, 2.75) is 12.3 Å². The topological polar surface area (TPSA) is 33.1 Å². The molecule has 1 N–H and O–H groups in total. The molecular formula is C7H5Cl2F2NO. The van der Waals surface area contributed by atoms with Crippen LogP contribution in [0, 0.1) is 0 Å². The molecule has 13 heavy (non-hydrogen) atoms. The highest BCUT2D eigenvalue weighted by Gasteiger charge is 2.16. The van der Waals surface area contributed by atoms with Gasteiger partial charge >= 0.3 is 0 Å². The van der Waals surface area contributed by atoms with Crippen molar-refractivity contribution in [3.63, 3.8) is 0 Å².